The smallest absolute Gasteiger partial charge is 0.331 e. The van der Waals surface area contributed by atoms with Crippen molar-refractivity contribution in [3.05, 3.63) is 51.7 Å². The van der Waals surface area contributed by atoms with E-state index in [4.69, 9.17) is 27.6 Å². The van der Waals surface area contributed by atoms with Crippen molar-refractivity contribution < 1.29 is 18.8 Å². The first-order valence-corrected chi connectivity index (χ1v) is 9.66. The second-order valence-electron chi connectivity index (χ2n) is 6.73. The van der Waals surface area contributed by atoms with Gasteiger partial charge in [-0.1, -0.05) is 42.1 Å². The first-order chi connectivity index (χ1) is 13.5. The molecule has 2 aromatic rings. The molecule has 28 heavy (non-hydrogen) atoms. The Kier molecular flexibility index (Phi) is 5.00. The number of halogens is 2. The van der Waals surface area contributed by atoms with Crippen LogP contribution in [-0.2, 0) is 9.59 Å². The van der Waals surface area contributed by atoms with Crippen molar-refractivity contribution in [2.75, 3.05) is 0 Å². The number of imide groups is 2. The third-order valence-corrected chi connectivity index (χ3v) is 5.77. The van der Waals surface area contributed by atoms with Gasteiger partial charge in [0.1, 0.15) is 17.1 Å². The van der Waals surface area contributed by atoms with E-state index in [9.17, 15) is 14.4 Å². The van der Waals surface area contributed by atoms with Crippen molar-refractivity contribution >= 4 is 47.1 Å². The van der Waals surface area contributed by atoms with Crippen LogP contribution in [0.15, 0.2) is 40.3 Å². The number of rotatable bonds is 3. The fourth-order valence-electron chi connectivity index (χ4n) is 3.58. The number of carbonyl (C=O) groups is 3. The normalized spacial score (nSPS) is 19.6. The predicted molar refractivity (Wildman–Crippen MR) is 105 cm³/mol. The molecule has 0 unspecified atom stereocenters. The number of benzene rings is 1. The third-order valence-electron chi connectivity index (χ3n) is 4.95. The van der Waals surface area contributed by atoms with Crippen LogP contribution in [-0.4, -0.2) is 28.8 Å². The van der Waals surface area contributed by atoms with Gasteiger partial charge in [-0.25, -0.2) is 4.79 Å². The molecule has 1 saturated heterocycles. The molecule has 2 fully saturated rings. The highest BCUT2D eigenvalue weighted by atomic mass is 35.5. The summed E-state index contributed by atoms with van der Waals surface area (Å²) in [5.74, 6) is -0.584. The fourth-order valence-corrected chi connectivity index (χ4v) is 3.97. The Morgan fingerprint density at radius 2 is 1.82 bits per heavy atom. The number of amides is 4. The molecule has 1 aromatic heterocycles. The molecule has 4 amide bonds. The molecule has 4 rings (SSSR count). The van der Waals surface area contributed by atoms with E-state index in [1.807, 2.05) is 0 Å². The molecule has 2 heterocycles. The summed E-state index contributed by atoms with van der Waals surface area (Å²) in [6, 6.07) is 7.62. The number of hydrogen-bond donors (Lipinski definition) is 1. The molecule has 6 nitrogen and oxygen atoms in total. The topological polar surface area (TPSA) is 79.6 Å². The second-order valence-corrected chi connectivity index (χ2v) is 7.52. The summed E-state index contributed by atoms with van der Waals surface area (Å²) in [4.78, 5) is 38.3. The number of nitrogens with one attached hydrogen (secondary N) is 1. The summed E-state index contributed by atoms with van der Waals surface area (Å²) in [6.07, 6.45) is 4.75. The van der Waals surface area contributed by atoms with Crippen LogP contribution in [0.5, 0.6) is 0 Å². The Labute approximate surface area is 171 Å². The minimum atomic E-state index is -0.733. The maximum absolute atomic E-state index is 12.8. The maximum atomic E-state index is 12.8. The lowest BCUT2D eigenvalue weighted by Crippen LogP contribution is -2.57. The molecule has 144 valence electrons. The lowest BCUT2D eigenvalue weighted by Gasteiger charge is -2.30. The summed E-state index contributed by atoms with van der Waals surface area (Å²) in [6.45, 7) is 0. The van der Waals surface area contributed by atoms with E-state index in [0.717, 1.165) is 30.6 Å². The number of furan rings is 1. The van der Waals surface area contributed by atoms with Crippen LogP contribution in [0.3, 0.4) is 0 Å². The third kappa shape index (κ3) is 3.34. The summed E-state index contributed by atoms with van der Waals surface area (Å²) in [5.41, 5.74) is 0.464. The Morgan fingerprint density at radius 3 is 2.57 bits per heavy atom. The number of carbonyl (C=O) groups excluding carboxylic acids is 3. The Bertz CT molecular complexity index is 1010. The van der Waals surface area contributed by atoms with E-state index in [0.29, 0.717) is 27.1 Å². The van der Waals surface area contributed by atoms with Gasteiger partial charge >= 0.3 is 6.03 Å². The van der Waals surface area contributed by atoms with E-state index < -0.39 is 17.8 Å². The fraction of sp³-hybridized carbons (Fsp3) is 0.250. The number of nitrogens with zero attached hydrogens (tertiary/aromatic N) is 1. The molecule has 1 aromatic carbocycles. The largest absolute Gasteiger partial charge is 0.457 e. The first kappa shape index (κ1) is 18.8. The molecule has 0 spiro atoms. The average Bonchev–Trinajstić information content (AvgIpc) is 3.33. The van der Waals surface area contributed by atoms with Gasteiger partial charge in [0.05, 0.1) is 10.0 Å². The van der Waals surface area contributed by atoms with Crippen LogP contribution in [0.4, 0.5) is 4.79 Å². The summed E-state index contributed by atoms with van der Waals surface area (Å²) in [5, 5.41) is 2.98. The molecule has 2 aliphatic rings. The van der Waals surface area contributed by atoms with Crippen LogP contribution in [0.2, 0.25) is 10.0 Å². The van der Waals surface area contributed by atoms with Crippen molar-refractivity contribution in [2.45, 2.75) is 31.7 Å². The lowest BCUT2D eigenvalue weighted by molar-refractivity contribution is -0.131. The van der Waals surface area contributed by atoms with Crippen LogP contribution < -0.4 is 5.32 Å². The number of urea groups is 1. The van der Waals surface area contributed by atoms with E-state index in [2.05, 4.69) is 5.32 Å². The highest BCUT2D eigenvalue weighted by Crippen LogP contribution is 2.35. The van der Waals surface area contributed by atoms with Gasteiger partial charge in [0.25, 0.3) is 11.8 Å². The number of hydrogen-bond acceptors (Lipinski definition) is 4. The molecule has 0 radical (unpaired) electrons. The highest BCUT2D eigenvalue weighted by molar-refractivity contribution is 6.43. The molecule has 0 bridgehead atoms. The zero-order chi connectivity index (χ0) is 19.8. The maximum Gasteiger partial charge on any atom is 0.331 e. The van der Waals surface area contributed by atoms with Gasteiger partial charge in [0.2, 0.25) is 0 Å². The van der Waals surface area contributed by atoms with E-state index in [1.54, 1.807) is 30.3 Å². The quantitative estimate of drug-likeness (QED) is 0.580. The minimum absolute atomic E-state index is 0.135. The summed E-state index contributed by atoms with van der Waals surface area (Å²) >= 11 is 12.2. The summed E-state index contributed by atoms with van der Waals surface area (Å²) in [7, 11) is 0. The molecular weight excluding hydrogens is 403 g/mol. The van der Waals surface area contributed by atoms with Gasteiger partial charge in [-0.15, -0.1) is 0 Å². The molecule has 1 N–H and O–H groups in total. The van der Waals surface area contributed by atoms with Crippen molar-refractivity contribution in [3.8, 4) is 11.3 Å². The second kappa shape index (κ2) is 7.45. The first-order valence-electron chi connectivity index (χ1n) is 8.90. The van der Waals surface area contributed by atoms with Crippen molar-refractivity contribution in [3.63, 3.8) is 0 Å². The molecule has 0 atom stereocenters. The molecule has 1 saturated carbocycles. The van der Waals surface area contributed by atoms with E-state index in [-0.39, 0.29) is 11.6 Å². The molecule has 8 heteroatoms. The standard InChI is InChI=1S/C20H16Cl2N2O4/c21-15-7-3-6-13(17(15)22)16-9-8-12(28-16)10-14-18(25)23-20(27)24(19(14)26)11-4-1-2-5-11/h3,6-11H,1-2,4-5H2,(H,23,25,27)/b14-10-. The zero-order valence-electron chi connectivity index (χ0n) is 14.7. The SMILES string of the molecule is O=C1NC(=O)N(C2CCCC2)C(=O)/C1=C\c1ccc(-c2cccc(Cl)c2Cl)o1. The van der Waals surface area contributed by atoms with E-state index in [1.165, 1.54) is 6.08 Å². The Hall–Kier alpha value is -2.57. The number of barbiturate groups is 1. The average molecular weight is 419 g/mol. The van der Waals surface area contributed by atoms with Crippen molar-refractivity contribution in [1.82, 2.24) is 10.2 Å². The Morgan fingerprint density at radius 1 is 1.07 bits per heavy atom. The van der Waals surface area contributed by atoms with Gasteiger partial charge in [0.15, 0.2) is 0 Å². The minimum Gasteiger partial charge on any atom is -0.457 e. The molecule has 1 aliphatic carbocycles. The van der Waals surface area contributed by atoms with Gasteiger partial charge < -0.3 is 4.42 Å². The van der Waals surface area contributed by atoms with Gasteiger partial charge in [-0.2, -0.15) is 0 Å². The van der Waals surface area contributed by atoms with Crippen LogP contribution >= 0.6 is 23.2 Å². The molecule has 1 aliphatic heterocycles. The van der Waals surface area contributed by atoms with Crippen LogP contribution in [0.1, 0.15) is 31.4 Å². The van der Waals surface area contributed by atoms with Gasteiger partial charge in [0, 0.05) is 11.6 Å². The Balaban J connectivity index is 1.65. The lowest BCUT2D eigenvalue weighted by atomic mass is 10.1. The highest BCUT2D eigenvalue weighted by Gasteiger charge is 2.40. The van der Waals surface area contributed by atoms with Crippen LogP contribution in [0.25, 0.3) is 17.4 Å². The summed E-state index contributed by atoms with van der Waals surface area (Å²) < 4.78 is 5.74. The zero-order valence-corrected chi connectivity index (χ0v) is 16.2. The van der Waals surface area contributed by atoms with Crippen molar-refractivity contribution in [1.29, 1.82) is 0 Å². The predicted octanol–water partition coefficient (Wildman–Crippen LogP) is 4.66. The van der Waals surface area contributed by atoms with Gasteiger partial charge in [-0.05, 0) is 43.2 Å². The molecular formula is C20H16Cl2N2O4. The van der Waals surface area contributed by atoms with Crippen molar-refractivity contribution in [2.24, 2.45) is 0 Å². The monoisotopic (exact) mass is 418 g/mol. The van der Waals surface area contributed by atoms with E-state index >= 15 is 0 Å². The van der Waals surface area contributed by atoms with Crippen LogP contribution in [0, 0.1) is 0 Å². The van der Waals surface area contributed by atoms with Gasteiger partial charge in [-0.3, -0.25) is 19.8 Å².